The van der Waals surface area contributed by atoms with Gasteiger partial charge < -0.3 is 14.8 Å². The summed E-state index contributed by atoms with van der Waals surface area (Å²) >= 11 is 1.88. The number of aromatic nitrogens is 1. The molecule has 0 radical (unpaired) electrons. The van der Waals surface area contributed by atoms with Gasteiger partial charge in [0, 0.05) is 40.0 Å². The Labute approximate surface area is 201 Å². The van der Waals surface area contributed by atoms with Crippen molar-refractivity contribution in [2.24, 2.45) is 5.92 Å². The molecule has 2 fully saturated rings. The third-order valence-corrected chi connectivity index (χ3v) is 10.0. The van der Waals surface area contributed by atoms with Crippen LogP contribution in [0.1, 0.15) is 87.4 Å². The van der Waals surface area contributed by atoms with E-state index in [4.69, 9.17) is 0 Å². The number of pyridine rings is 1. The molecular formula is C27H37N3O2S. The van der Waals surface area contributed by atoms with Crippen molar-refractivity contribution in [2.75, 3.05) is 19.6 Å². The van der Waals surface area contributed by atoms with E-state index in [-0.39, 0.29) is 11.5 Å². The Morgan fingerprint density at radius 3 is 2.45 bits per heavy atom. The monoisotopic (exact) mass is 467 g/mol. The standard InChI is InChI=1S/C27H37N3O2S/c1-16-14-17(2)28-26(31)22(16)15-30-13-10-23-24(27(30)32)19(4)25(33-23)18(3)20-6-8-21(9-7-20)29-11-5-12-29/h14,18,20-21H,5-13,15H2,1-4H3,(H,28,31)/t18?,20-,21-. The first-order valence-electron chi connectivity index (χ1n) is 12.7. The van der Waals surface area contributed by atoms with Crippen LogP contribution in [0.15, 0.2) is 10.9 Å². The number of nitrogens with one attached hydrogen (secondary N) is 1. The molecule has 2 aromatic rings. The largest absolute Gasteiger partial charge is 0.334 e. The zero-order valence-corrected chi connectivity index (χ0v) is 21.3. The SMILES string of the molecule is Cc1cc(C)c(CN2CCc3sc(C(C)[C@H]4CC[C@H](N5CCC5)CC4)c(C)c3C2=O)c(=O)[nH]1. The molecule has 33 heavy (non-hydrogen) atoms. The van der Waals surface area contributed by atoms with E-state index in [0.29, 0.717) is 24.6 Å². The molecule has 1 saturated carbocycles. The maximum absolute atomic E-state index is 13.5. The van der Waals surface area contributed by atoms with Gasteiger partial charge in [0.1, 0.15) is 0 Å². The van der Waals surface area contributed by atoms with Gasteiger partial charge in [0.2, 0.25) is 0 Å². The van der Waals surface area contributed by atoms with Gasteiger partial charge in [0.05, 0.1) is 12.1 Å². The predicted molar refractivity (Wildman–Crippen MR) is 134 cm³/mol. The zero-order valence-electron chi connectivity index (χ0n) is 20.5. The van der Waals surface area contributed by atoms with Crippen molar-refractivity contribution in [2.45, 2.75) is 84.7 Å². The lowest BCUT2D eigenvalue weighted by atomic mass is 9.77. The van der Waals surface area contributed by atoms with Crippen LogP contribution >= 0.6 is 11.3 Å². The number of H-pyrrole nitrogens is 1. The number of likely N-dealkylation sites (tertiary alicyclic amines) is 1. The summed E-state index contributed by atoms with van der Waals surface area (Å²) in [7, 11) is 0. The van der Waals surface area contributed by atoms with Gasteiger partial charge in [-0.05, 0) is 95.0 Å². The molecule has 1 unspecified atom stereocenters. The van der Waals surface area contributed by atoms with Crippen LogP contribution in [-0.2, 0) is 13.0 Å². The average molecular weight is 468 g/mol. The van der Waals surface area contributed by atoms with E-state index in [1.807, 2.05) is 36.2 Å². The Morgan fingerprint density at radius 2 is 1.82 bits per heavy atom. The van der Waals surface area contributed by atoms with Crippen molar-refractivity contribution in [3.63, 3.8) is 0 Å². The minimum atomic E-state index is -0.0729. The quantitative estimate of drug-likeness (QED) is 0.678. The molecule has 5 nitrogen and oxygen atoms in total. The maximum Gasteiger partial charge on any atom is 0.255 e. The van der Waals surface area contributed by atoms with Crippen molar-refractivity contribution in [3.05, 3.63) is 54.1 Å². The minimum Gasteiger partial charge on any atom is -0.334 e. The molecule has 178 valence electrons. The summed E-state index contributed by atoms with van der Waals surface area (Å²) in [6, 6.07) is 2.80. The number of aryl methyl sites for hydroxylation is 2. The molecule has 1 N–H and O–H groups in total. The first-order chi connectivity index (χ1) is 15.8. The summed E-state index contributed by atoms with van der Waals surface area (Å²) in [6.45, 7) is 12.1. The average Bonchev–Trinajstić information content (AvgIpc) is 3.08. The first kappa shape index (κ1) is 22.9. The van der Waals surface area contributed by atoms with Gasteiger partial charge in [-0.25, -0.2) is 0 Å². The topological polar surface area (TPSA) is 56.4 Å². The molecule has 3 aliphatic rings. The summed E-state index contributed by atoms with van der Waals surface area (Å²) in [5, 5.41) is 0. The molecule has 0 spiro atoms. The van der Waals surface area contributed by atoms with Crippen LogP contribution < -0.4 is 5.56 Å². The lowest BCUT2D eigenvalue weighted by Gasteiger charge is -2.43. The number of amides is 1. The smallest absolute Gasteiger partial charge is 0.255 e. The Hall–Kier alpha value is -1.92. The predicted octanol–water partition coefficient (Wildman–Crippen LogP) is 4.93. The third kappa shape index (κ3) is 4.21. The molecule has 5 rings (SSSR count). The molecule has 0 bridgehead atoms. The van der Waals surface area contributed by atoms with Crippen molar-refractivity contribution in [3.8, 4) is 0 Å². The Bertz CT molecular complexity index is 1110. The molecule has 0 aromatic carbocycles. The van der Waals surface area contributed by atoms with Crippen LogP contribution in [0.2, 0.25) is 0 Å². The normalized spacial score (nSPS) is 24.5. The van der Waals surface area contributed by atoms with E-state index in [0.717, 1.165) is 35.2 Å². The number of rotatable bonds is 5. The van der Waals surface area contributed by atoms with Crippen LogP contribution in [0.3, 0.4) is 0 Å². The lowest BCUT2D eigenvalue weighted by molar-refractivity contribution is 0.0727. The first-order valence-corrected chi connectivity index (χ1v) is 13.5. The summed E-state index contributed by atoms with van der Waals surface area (Å²) in [5.41, 5.74) is 4.56. The van der Waals surface area contributed by atoms with E-state index < -0.39 is 0 Å². The number of thiophene rings is 1. The molecule has 1 saturated heterocycles. The molecule has 6 heteroatoms. The van der Waals surface area contributed by atoms with Gasteiger partial charge >= 0.3 is 0 Å². The van der Waals surface area contributed by atoms with E-state index in [1.165, 1.54) is 60.5 Å². The molecule has 2 aliphatic heterocycles. The van der Waals surface area contributed by atoms with Gasteiger partial charge in [-0.2, -0.15) is 0 Å². The molecule has 2 aromatic heterocycles. The molecular weight excluding hydrogens is 430 g/mol. The number of hydrogen-bond donors (Lipinski definition) is 1. The second-order valence-electron chi connectivity index (χ2n) is 10.6. The van der Waals surface area contributed by atoms with Crippen LogP contribution in [0.4, 0.5) is 0 Å². The third-order valence-electron chi connectivity index (χ3n) is 8.48. The van der Waals surface area contributed by atoms with Crippen LogP contribution in [0.5, 0.6) is 0 Å². The highest BCUT2D eigenvalue weighted by atomic mass is 32.1. The number of fused-ring (bicyclic) bond motifs is 1. The summed E-state index contributed by atoms with van der Waals surface area (Å²) in [4.78, 5) is 36.1. The fourth-order valence-electron chi connectivity index (χ4n) is 6.29. The van der Waals surface area contributed by atoms with Crippen LogP contribution in [0, 0.1) is 26.7 Å². The minimum absolute atomic E-state index is 0.0729. The highest BCUT2D eigenvalue weighted by molar-refractivity contribution is 7.12. The fourth-order valence-corrected chi connectivity index (χ4v) is 7.72. The Balaban J connectivity index is 1.31. The number of aromatic amines is 1. The van der Waals surface area contributed by atoms with Crippen molar-refractivity contribution in [1.29, 1.82) is 0 Å². The maximum atomic E-state index is 13.5. The number of nitrogens with zero attached hydrogens (tertiary/aromatic N) is 2. The van der Waals surface area contributed by atoms with E-state index in [2.05, 4.69) is 23.7 Å². The van der Waals surface area contributed by atoms with E-state index >= 15 is 0 Å². The molecule has 1 aliphatic carbocycles. The summed E-state index contributed by atoms with van der Waals surface area (Å²) in [5.74, 6) is 1.34. The van der Waals surface area contributed by atoms with Gasteiger partial charge in [0.25, 0.3) is 11.5 Å². The van der Waals surface area contributed by atoms with Gasteiger partial charge in [-0.3, -0.25) is 9.59 Å². The summed E-state index contributed by atoms with van der Waals surface area (Å²) < 4.78 is 0. The summed E-state index contributed by atoms with van der Waals surface area (Å²) in [6.07, 6.45) is 7.54. The molecule has 1 amide bonds. The van der Waals surface area contributed by atoms with E-state index in [1.54, 1.807) is 0 Å². The van der Waals surface area contributed by atoms with Crippen LogP contribution in [-0.4, -0.2) is 46.4 Å². The van der Waals surface area contributed by atoms with E-state index in [9.17, 15) is 9.59 Å². The van der Waals surface area contributed by atoms with Gasteiger partial charge in [0.15, 0.2) is 0 Å². The van der Waals surface area contributed by atoms with Gasteiger partial charge in [-0.15, -0.1) is 11.3 Å². The Kier molecular flexibility index (Phi) is 6.25. The van der Waals surface area contributed by atoms with Crippen molar-refractivity contribution < 1.29 is 4.79 Å². The van der Waals surface area contributed by atoms with Gasteiger partial charge in [-0.1, -0.05) is 6.92 Å². The highest BCUT2D eigenvalue weighted by Crippen LogP contribution is 2.44. The zero-order chi connectivity index (χ0) is 23.3. The highest BCUT2D eigenvalue weighted by Gasteiger charge is 2.35. The Morgan fingerprint density at radius 1 is 1.09 bits per heavy atom. The number of carbonyl (C=O) groups excluding carboxylic acids is 1. The number of carbonyl (C=O) groups is 1. The van der Waals surface area contributed by atoms with Crippen LogP contribution in [0.25, 0.3) is 0 Å². The molecule has 4 heterocycles. The fraction of sp³-hybridized carbons (Fsp3) is 0.630. The van der Waals surface area contributed by atoms with Crippen molar-refractivity contribution >= 4 is 17.2 Å². The van der Waals surface area contributed by atoms with Crippen molar-refractivity contribution in [1.82, 2.24) is 14.8 Å². The lowest BCUT2D eigenvalue weighted by Crippen LogP contribution is -2.46. The second-order valence-corrected chi connectivity index (χ2v) is 11.7. The number of hydrogen-bond acceptors (Lipinski definition) is 4. The molecule has 1 atom stereocenters. The second kappa shape index (κ2) is 9.03.